The molecule has 0 saturated carbocycles. The fraction of sp³-hybridized carbons (Fsp3) is 0.333. The summed E-state index contributed by atoms with van der Waals surface area (Å²) < 4.78 is 9.88. The minimum absolute atomic E-state index is 0.0495. The summed E-state index contributed by atoms with van der Waals surface area (Å²) in [6.45, 7) is 0.403. The van der Waals surface area contributed by atoms with Crippen molar-refractivity contribution in [3.05, 3.63) is 23.8 Å². The lowest BCUT2D eigenvalue weighted by molar-refractivity contribution is -0.120. The van der Waals surface area contributed by atoms with Crippen LogP contribution in [0.15, 0.2) is 18.2 Å². The van der Waals surface area contributed by atoms with E-state index in [1.165, 1.54) is 19.2 Å². The number of amides is 1. The third-order valence-corrected chi connectivity index (χ3v) is 2.23. The molecule has 0 aromatic heterocycles. The number of aromatic carboxylic acids is 1. The van der Waals surface area contributed by atoms with Crippen LogP contribution in [0.3, 0.4) is 0 Å². The first-order valence-electron chi connectivity index (χ1n) is 5.57. The number of carbonyl (C=O) groups excluding carboxylic acids is 1. The van der Waals surface area contributed by atoms with Gasteiger partial charge in [0.2, 0.25) is 5.91 Å². The van der Waals surface area contributed by atoms with Crippen molar-refractivity contribution in [2.24, 2.45) is 5.73 Å². The molecule has 0 atom stereocenters. The number of hydrogen-bond acceptors (Lipinski definition) is 5. The Kier molecular flexibility index (Phi) is 5.77. The van der Waals surface area contributed by atoms with Crippen molar-refractivity contribution in [3.8, 4) is 5.75 Å². The number of carboxylic acids is 1. The molecule has 1 amide bonds. The van der Waals surface area contributed by atoms with Crippen molar-refractivity contribution < 1.29 is 24.2 Å². The second kappa shape index (κ2) is 7.34. The molecule has 0 radical (unpaired) electrons. The lowest BCUT2D eigenvalue weighted by Crippen LogP contribution is -2.21. The summed E-state index contributed by atoms with van der Waals surface area (Å²) in [7, 11) is 1.43. The van der Waals surface area contributed by atoms with Crippen molar-refractivity contribution in [2.75, 3.05) is 32.2 Å². The average molecular weight is 268 g/mol. The Morgan fingerprint density at radius 1 is 1.42 bits per heavy atom. The number of rotatable bonds is 7. The number of methoxy groups -OCH3 is 1. The predicted molar refractivity (Wildman–Crippen MR) is 68.5 cm³/mol. The second-order valence-electron chi connectivity index (χ2n) is 3.61. The second-order valence-corrected chi connectivity index (χ2v) is 3.61. The van der Waals surface area contributed by atoms with Gasteiger partial charge in [0.25, 0.3) is 0 Å². The highest BCUT2D eigenvalue weighted by molar-refractivity contribution is 6.01. The van der Waals surface area contributed by atoms with Crippen LogP contribution in [0.1, 0.15) is 10.4 Å². The van der Waals surface area contributed by atoms with E-state index in [0.29, 0.717) is 12.3 Å². The Morgan fingerprint density at radius 3 is 2.74 bits per heavy atom. The first kappa shape index (κ1) is 14.9. The molecule has 0 heterocycles. The number of hydrogen-bond donors (Lipinski definition) is 3. The van der Waals surface area contributed by atoms with Crippen LogP contribution < -0.4 is 15.8 Å². The van der Waals surface area contributed by atoms with Gasteiger partial charge in [0.15, 0.2) is 0 Å². The first-order chi connectivity index (χ1) is 9.08. The zero-order valence-electron chi connectivity index (χ0n) is 10.5. The molecule has 7 heteroatoms. The molecule has 0 spiro atoms. The summed E-state index contributed by atoms with van der Waals surface area (Å²) in [5.74, 6) is -1.20. The molecule has 4 N–H and O–H groups in total. The van der Waals surface area contributed by atoms with Crippen LogP contribution in [0, 0.1) is 0 Å². The zero-order valence-corrected chi connectivity index (χ0v) is 10.5. The van der Waals surface area contributed by atoms with Gasteiger partial charge in [-0.25, -0.2) is 4.79 Å². The molecule has 0 unspecified atom stereocenters. The van der Waals surface area contributed by atoms with Gasteiger partial charge in [0.05, 0.1) is 25.0 Å². The molecule has 1 rings (SSSR count). The number of benzene rings is 1. The van der Waals surface area contributed by atoms with Crippen molar-refractivity contribution in [2.45, 2.75) is 0 Å². The smallest absolute Gasteiger partial charge is 0.337 e. The van der Waals surface area contributed by atoms with Gasteiger partial charge in [-0.15, -0.1) is 0 Å². The number of anilines is 1. The first-order valence-corrected chi connectivity index (χ1v) is 5.57. The molecule has 0 saturated heterocycles. The van der Waals surface area contributed by atoms with Crippen molar-refractivity contribution in [3.63, 3.8) is 0 Å². The lowest BCUT2D eigenvalue weighted by Gasteiger charge is -2.10. The van der Waals surface area contributed by atoms with Crippen molar-refractivity contribution in [1.82, 2.24) is 0 Å². The summed E-state index contributed by atoms with van der Waals surface area (Å²) in [4.78, 5) is 22.6. The van der Waals surface area contributed by atoms with Gasteiger partial charge in [0.1, 0.15) is 12.4 Å². The third kappa shape index (κ3) is 4.57. The van der Waals surface area contributed by atoms with E-state index in [4.69, 9.17) is 20.3 Å². The summed E-state index contributed by atoms with van der Waals surface area (Å²) in [5.41, 5.74) is 5.35. The van der Waals surface area contributed by atoms with Crippen molar-refractivity contribution in [1.29, 1.82) is 0 Å². The third-order valence-electron chi connectivity index (χ3n) is 2.23. The maximum atomic E-state index is 11.5. The van der Waals surface area contributed by atoms with Crippen LogP contribution in [0.25, 0.3) is 0 Å². The van der Waals surface area contributed by atoms with E-state index in [9.17, 15) is 9.59 Å². The van der Waals surface area contributed by atoms with E-state index in [2.05, 4.69) is 5.32 Å². The van der Waals surface area contributed by atoms with E-state index >= 15 is 0 Å². The molecule has 7 nitrogen and oxygen atoms in total. The van der Waals surface area contributed by atoms with Gasteiger partial charge >= 0.3 is 5.97 Å². The summed E-state index contributed by atoms with van der Waals surface area (Å²) >= 11 is 0. The Bertz CT molecular complexity index is 461. The monoisotopic (exact) mass is 268 g/mol. The quantitative estimate of drug-likeness (QED) is 0.614. The number of nitrogens with two attached hydrogens (primary N) is 1. The van der Waals surface area contributed by atoms with Crippen molar-refractivity contribution >= 4 is 17.6 Å². The Hall–Kier alpha value is -2.12. The Balaban J connectivity index is 2.77. The molecule has 0 aliphatic carbocycles. The van der Waals surface area contributed by atoms with Gasteiger partial charge < -0.3 is 25.6 Å². The number of nitrogens with one attached hydrogen (secondary N) is 1. The lowest BCUT2D eigenvalue weighted by atomic mass is 10.1. The molecule has 1 aromatic carbocycles. The van der Waals surface area contributed by atoms with Crippen LogP contribution >= 0.6 is 0 Å². The Labute approximate surface area is 110 Å². The van der Waals surface area contributed by atoms with Gasteiger partial charge in [-0.05, 0) is 18.2 Å². The predicted octanol–water partition coefficient (Wildman–Crippen LogP) is 0.307. The Morgan fingerprint density at radius 2 is 2.16 bits per heavy atom. The van der Waals surface area contributed by atoms with Crippen LogP contribution in [-0.2, 0) is 9.53 Å². The molecule has 104 valence electrons. The normalized spacial score (nSPS) is 10.0. The van der Waals surface area contributed by atoms with E-state index in [1.807, 2.05) is 0 Å². The van der Waals surface area contributed by atoms with E-state index in [-0.39, 0.29) is 24.5 Å². The molecule has 1 aromatic rings. The zero-order chi connectivity index (χ0) is 14.3. The molecule has 0 aliphatic rings. The topological polar surface area (TPSA) is 111 Å². The van der Waals surface area contributed by atoms with E-state index < -0.39 is 11.9 Å². The summed E-state index contributed by atoms with van der Waals surface area (Å²) in [6, 6.07) is 4.35. The van der Waals surface area contributed by atoms with E-state index in [0.717, 1.165) is 0 Å². The van der Waals surface area contributed by atoms with Gasteiger partial charge in [-0.2, -0.15) is 0 Å². The molecule has 19 heavy (non-hydrogen) atoms. The van der Waals surface area contributed by atoms with Crippen LogP contribution in [0.4, 0.5) is 5.69 Å². The maximum Gasteiger partial charge on any atom is 0.337 e. The van der Waals surface area contributed by atoms with Gasteiger partial charge in [-0.3, -0.25) is 4.79 Å². The number of carboxylic acid groups (broad SMARTS) is 1. The fourth-order valence-corrected chi connectivity index (χ4v) is 1.37. The highest BCUT2D eigenvalue weighted by Gasteiger charge is 2.13. The SMILES string of the molecule is COc1ccc(NC(=O)COCCN)c(C(=O)O)c1. The standard InChI is InChI=1S/C12H16N2O5/c1-18-8-2-3-10(9(6-8)12(16)17)14-11(15)7-19-5-4-13/h2-3,6H,4-5,7,13H2,1H3,(H,14,15)(H,16,17). The minimum atomic E-state index is -1.16. The highest BCUT2D eigenvalue weighted by atomic mass is 16.5. The van der Waals surface area contributed by atoms with E-state index in [1.54, 1.807) is 6.07 Å². The minimum Gasteiger partial charge on any atom is -0.497 e. The summed E-state index contributed by atoms with van der Waals surface area (Å²) in [5, 5.41) is 11.5. The molecular weight excluding hydrogens is 252 g/mol. The highest BCUT2D eigenvalue weighted by Crippen LogP contribution is 2.22. The van der Waals surface area contributed by atoms with Crippen LogP contribution in [0.5, 0.6) is 5.75 Å². The fourth-order valence-electron chi connectivity index (χ4n) is 1.37. The maximum absolute atomic E-state index is 11.5. The van der Waals surface area contributed by atoms with Crippen LogP contribution in [-0.4, -0.2) is 43.9 Å². The van der Waals surface area contributed by atoms with Gasteiger partial charge in [0, 0.05) is 6.54 Å². The number of carbonyl (C=O) groups is 2. The summed E-state index contributed by atoms with van der Waals surface area (Å²) in [6.07, 6.45) is 0. The number of ether oxygens (including phenoxy) is 2. The molecule has 0 fully saturated rings. The molecular formula is C12H16N2O5. The largest absolute Gasteiger partial charge is 0.497 e. The van der Waals surface area contributed by atoms with Crippen LogP contribution in [0.2, 0.25) is 0 Å². The molecule has 0 aliphatic heterocycles. The van der Waals surface area contributed by atoms with Gasteiger partial charge in [-0.1, -0.05) is 0 Å². The molecule has 0 bridgehead atoms. The average Bonchev–Trinajstić information content (AvgIpc) is 2.39.